The van der Waals surface area contributed by atoms with Crippen molar-refractivity contribution in [2.75, 3.05) is 12.4 Å². The SMILES string of the molecule is N#Cc1cccc(OCCSc2ncn(-c3ccccc3)n2)c1. The van der Waals surface area contributed by atoms with Gasteiger partial charge in [-0.1, -0.05) is 36.0 Å². The quantitative estimate of drug-likeness (QED) is 0.514. The van der Waals surface area contributed by atoms with E-state index in [1.807, 2.05) is 42.5 Å². The number of hydrogen-bond donors (Lipinski definition) is 0. The van der Waals surface area contributed by atoms with Crippen LogP contribution in [0.2, 0.25) is 0 Å². The Morgan fingerprint density at radius 3 is 2.83 bits per heavy atom. The second-order valence-corrected chi connectivity index (χ2v) is 5.71. The molecule has 3 rings (SSSR count). The van der Waals surface area contributed by atoms with Gasteiger partial charge in [-0.15, -0.1) is 5.10 Å². The first kappa shape index (κ1) is 15.1. The molecule has 0 radical (unpaired) electrons. The summed E-state index contributed by atoms with van der Waals surface area (Å²) in [4.78, 5) is 4.28. The molecule has 6 heteroatoms. The number of aromatic nitrogens is 3. The van der Waals surface area contributed by atoms with Gasteiger partial charge in [0.15, 0.2) is 0 Å². The van der Waals surface area contributed by atoms with Gasteiger partial charge in [0.05, 0.1) is 23.9 Å². The molecule has 2 aromatic carbocycles. The molecule has 0 atom stereocenters. The highest BCUT2D eigenvalue weighted by Gasteiger charge is 2.03. The lowest BCUT2D eigenvalue weighted by atomic mass is 10.2. The Hall–Kier alpha value is -2.78. The van der Waals surface area contributed by atoms with E-state index in [9.17, 15) is 0 Å². The summed E-state index contributed by atoms with van der Waals surface area (Å²) in [6.45, 7) is 0.527. The zero-order valence-electron chi connectivity index (χ0n) is 12.3. The predicted molar refractivity (Wildman–Crippen MR) is 88.7 cm³/mol. The summed E-state index contributed by atoms with van der Waals surface area (Å²) in [5.41, 5.74) is 1.58. The third kappa shape index (κ3) is 4.11. The van der Waals surface area contributed by atoms with Crippen LogP contribution in [0.3, 0.4) is 0 Å². The molecule has 0 unspecified atom stereocenters. The second kappa shape index (κ2) is 7.47. The molecule has 0 amide bonds. The molecule has 3 aromatic rings. The van der Waals surface area contributed by atoms with Gasteiger partial charge in [-0.3, -0.25) is 0 Å². The third-order valence-electron chi connectivity index (χ3n) is 3.04. The number of hydrogen-bond acceptors (Lipinski definition) is 5. The Bertz CT molecular complexity index is 811. The maximum atomic E-state index is 8.85. The number of nitrogens with zero attached hydrogens (tertiary/aromatic N) is 4. The van der Waals surface area contributed by atoms with Gasteiger partial charge in [-0.2, -0.15) is 5.26 Å². The van der Waals surface area contributed by atoms with Crippen molar-refractivity contribution in [1.82, 2.24) is 14.8 Å². The lowest BCUT2D eigenvalue weighted by molar-refractivity contribution is 0.344. The summed E-state index contributed by atoms with van der Waals surface area (Å²) in [5.74, 6) is 1.43. The van der Waals surface area contributed by atoms with E-state index < -0.39 is 0 Å². The van der Waals surface area contributed by atoms with Gasteiger partial charge in [-0.25, -0.2) is 9.67 Å². The van der Waals surface area contributed by atoms with E-state index in [0.717, 1.165) is 11.4 Å². The Morgan fingerprint density at radius 1 is 1.13 bits per heavy atom. The van der Waals surface area contributed by atoms with Gasteiger partial charge in [0, 0.05) is 5.75 Å². The van der Waals surface area contributed by atoms with Crippen LogP contribution in [0, 0.1) is 11.3 Å². The van der Waals surface area contributed by atoms with Crippen molar-refractivity contribution in [3.8, 4) is 17.5 Å². The van der Waals surface area contributed by atoms with E-state index >= 15 is 0 Å². The molecule has 0 bridgehead atoms. The van der Waals surface area contributed by atoms with Crippen LogP contribution >= 0.6 is 11.8 Å². The van der Waals surface area contributed by atoms with E-state index in [-0.39, 0.29) is 0 Å². The van der Waals surface area contributed by atoms with Crippen molar-refractivity contribution >= 4 is 11.8 Å². The number of nitriles is 1. The van der Waals surface area contributed by atoms with Crippen molar-refractivity contribution in [2.45, 2.75) is 5.16 Å². The molecule has 0 fully saturated rings. The topological polar surface area (TPSA) is 63.7 Å². The van der Waals surface area contributed by atoms with E-state index in [2.05, 4.69) is 16.2 Å². The molecule has 1 aromatic heterocycles. The summed E-state index contributed by atoms with van der Waals surface area (Å²) in [6, 6.07) is 19.1. The first-order valence-electron chi connectivity index (χ1n) is 7.08. The number of thioether (sulfide) groups is 1. The van der Waals surface area contributed by atoms with Crippen molar-refractivity contribution in [3.05, 3.63) is 66.5 Å². The Labute approximate surface area is 138 Å². The zero-order chi connectivity index (χ0) is 15.9. The minimum absolute atomic E-state index is 0.527. The minimum atomic E-state index is 0.527. The van der Waals surface area contributed by atoms with Gasteiger partial charge in [0.1, 0.15) is 12.1 Å². The maximum absolute atomic E-state index is 8.85. The highest BCUT2D eigenvalue weighted by atomic mass is 32.2. The molecule has 0 spiro atoms. The zero-order valence-corrected chi connectivity index (χ0v) is 13.1. The lowest BCUT2D eigenvalue weighted by Gasteiger charge is -2.04. The van der Waals surface area contributed by atoms with Crippen molar-refractivity contribution in [2.24, 2.45) is 0 Å². The van der Waals surface area contributed by atoms with Gasteiger partial charge >= 0.3 is 0 Å². The van der Waals surface area contributed by atoms with Crippen LogP contribution in [-0.4, -0.2) is 27.1 Å². The summed E-state index contributed by atoms with van der Waals surface area (Å²) in [5, 5.41) is 14.0. The summed E-state index contributed by atoms with van der Waals surface area (Å²) in [7, 11) is 0. The van der Waals surface area contributed by atoms with E-state index in [1.54, 1.807) is 23.1 Å². The van der Waals surface area contributed by atoms with Gasteiger partial charge < -0.3 is 4.74 Å². The predicted octanol–water partition coefficient (Wildman–Crippen LogP) is 3.31. The van der Waals surface area contributed by atoms with Gasteiger partial charge in [-0.05, 0) is 30.3 Å². The second-order valence-electron chi connectivity index (χ2n) is 4.64. The largest absolute Gasteiger partial charge is 0.493 e. The average molecular weight is 322 g/mol. The Balaban J connectivity index is 1.50. The fourth-order valence-electron chi connectivity index (χ4n) is 1.97. The van der Waals surface area contributed by atoms with Crippen molar-refractivity contribution < 1.29 is 4.74 Å². The molecule has 0 saturated heterocycles. The minimum Gasteiger partial charge on any atom is -0.493 e. The van der Waals surface area contributed by atoms with Crippen molar-refractivity contribution in [1.29, 1.82) is 5.26 Å². The van der Waals surface area contributed by atoms with Crippen LogP contribution in [-0.2, 0) is 0 Å². The maximum Gasteiger partial charge on any atom is 0.208 e. The molecule has 114 valence electrons. The standard InChI is InChI=1S/C17H14N4OS/c18-12-14-5-4-8-16(11-14)22-9-10-23-17-19-13-21(20-17)15-6-2-1-3-7-15/h1-8,11,13H,9-10H2. The molecule has 1 heterocycles. The highest BCUT2D eigenvalue weighted by Crippen LogP contribution is 2.16. The smallest absolute Gasteiger partial charge is 0.208 e. The van der Waals surface area contributed by atoms with Crippen LogP contribution in [0.4, 0.5) is 0 Å². The molecule has 0 aliphatic rings. The molecule has 0 saturated carbocycles. The van der Waals surface area contributed by atoms with Gasteiger partial charge in [0.25, 0.3) is 0 Å². The molecule has 0 N–H and O–H groups in total. The molecule has 5 nitrogen and oxygen atoms in total. The lowest BCUT2D eigenvalue weighted by Crippen LogP contribution is -2.00. The van der Waals surface area contributed by atoms with Crippen LogP contribution in [0.15, 0.2) is 66.1 Å². The number of rotatable bonds is 6. The van der Waals surface area contributed by atoms with Crippen LogP contribution in [0.25, 0.3) is 5.69 Å². The number of ether oxygens (including phenoxy) is 1. The highest BCUT2D eigenvalue weighted by molar-refractivity contribution is 7.99. The van der Waals surface area contributed by atoms with Crippen LogP contribution < -0.4 is 4.74 Å². The van der Waals surface area contributed by atoms with Crippen LogP contribution in [0.1, 0.15) is 5.56 Å². The third-order valence-corrected chi connectivity index (χ3v) is 3.85. The fraction of sp³-hybridized carbons (Fsp3) is 0.118. The number of benzene rings is 2. The number of para-hydroxylation sites is 1. The molecule has 0 aliphatic carbocycles. The Morgan fingerprint density at radius 2 is 2.00 bits per heavy atom. The van der Waals surface area contributed by atoms with Crippen molar-refractivity contribution in [3.63, 3.8) is 0 Å². The fourth-order valence-corrected chi connectivity index (χ4v) is 2.58. The average Bonchev–Trinajstić information content (AvgIpc) is 3.09. The normalized spacial score (nSPS) is 10.2. The monoisotopic (exact) mass is 322 g/mol. The first-order valence-corrected chi connectivity index (χ1v) is 8.06. The first-order chi connectivity index (χ1) is 11.3. The molecular formula is C17H14N4OS. The molecule has 23 heavy (non-hydrogen) atoms. The van der Waals surface area contributed by atoms with Gasteiger partial charge in [0.2, 0.25) is 5.16 Å². The van der Waals surface area contributed by atoms with E-state index in [4.69, 9.17) is 10.00 Å². The molecule has 0 aliphatic heterocycles. The Kier molecular flexibility index (Phi) is 4.92. The van der Waals surface area contributed by atoms with E-state index in [1.165, 1.54) is 11.8 Å². The van der Waals surface area contributed by atoms with Crippen LogP contribution in [0.5, 0.6) is 5.75 Å². The summed E-state index contributed by atoms with van der Waals surface area (Å²) >= 11 is 1.53. The summed E-state index contributed by atoms with van der Waals surface area (Å²) in [6.07, 6.45) is 1.70. The van der Waals surface area contributed by atoms with E-state index in [0.29, 0.717) is 23.1 Å². The molecular weight excluding hydrogens is 308 g/mol. The summed E-state index contributed by atoms with van der Waals surface area (Å²) < 4.78 is 7.38.